The lowest BCUT2D eigenvalue weighted by Crippen LogP contribution is -2.57. The van der Waals surface area contributed by atoms with Crippen molar-refractivity contribution in [1.29, 1.82) is 0 Å². The number of rotatable bonds is 2. The van der Waals surface area contributed by atoms with E-state index in [1.165, 1.54) is 0 Å². The zero-order chi connectivity index (χ0) is 11.4. The molecule has 2 amide bonds. The average Bonchev–Trinajstić information content (AvgIpc) is 2.09. The Morgan fingerprint density at radius 1 is 1.20 bits per heavy atom. The van der Waals surface area contributed by atoms with Crippen LogP contribution >= 0.6 is 0 Å². The summed E-state index contributed by atoms with van der Waals surface area (Å²) in [6.07, 6.45) is -1.27. The molecule has 1 saturated carbocycles. The SMILES string of the molecule is O=C(O)N[C@@H]1CCCC(=O)[C@@H]1NC(=O)O. The molecular formula is C8H12N2O5. The van der Waals surface area contributed by atoms with Gasteiger partial charge in [0, 0.05) is 6.42 Å². The average molecular weight is 216 g/mol. The molecule has 0 bridgehead atoms. The second kappa shape index (κ2) is 4.63. The number of carbonyl (C=O) groups is 3. The largest absolute Gasteiger partial charge is 0.465 e. The molecule has 0 aromatic heterocycles. The molecule has 0 aliphatic heterocycles. The predicted molar refractivity (Wildman–Crippen MR) is 48.8 cm³/mol. The molecule has 2 atom stereocenters. The summed E-state index contributed by atoms with van der Waals surface area (Å²) in [6, 6.07) is -1.63. The normalized spacial score (nSPS) is 25.7. The minimum Gasteiger partial charge on any atom is -0.465 e. The van der Waals surface area contributed by atoms with Gasteiger partial charge in [0.25, 0.3) is 0 Å². The smallest absolute Gasteiger partial charge is 0.405 e. The molecule has 0 heterocycles. The Labute approximate surface area is 85.5 Å². The zero-order valence-electron chi connectivity index (χ0n) is 7.90. The number of carbonyl (C=O) groups excluding carboxylic acids is 1. The first-order chi connectivity index (χ1) is 7.00. The molecule has 4 N–H and O–H groups in total. The van der Waals surface area contributed by atoms with Crippen LogP contribution in [0.15, 0.2) is 0 Å². The summed E-state index contributed by atoms with van der Waals surface area (Å²) in [5, 5.41) is 21.2. The molecule has 0 saturated heterocycles. The molecule has 7 nitrogen and oxygen atoms in total. The van der Waals surface area contributed by atoms with Crippen LogP contribution in [0.3, 0.4) is 0 Å². The monoisotopic (exact) mass is 216 g/mol. The van der Waals surface area contributed by atoms with Crippen molar-refractivity contribution in [3.8, 4) is 0 Å². The highest BCUT2D eigenvalue weighted by molar-refractivity contribution is 5.89. The number of Topliss-reactive ketones (excluding diaryl/α,β-unsaturated/α-hetero) is 1. The van der Waals surface area contributed by atoms with Crippen molar-refractivity contribution >= 4 is 18.0 Å². The fraction of sp³-hybridized carbons (Fsp3) is 0.625. The van der Waals surface area contributed by atoms with Gasteiger partial charge in [0.2, 0.25) is 0 Å². The summed E-state index contributed by atoms with van der Waals surface area (Å²) in [4.78, 5) is 32.2. The quantitative estimate of drug-likeness (QED) is 0.519. The molecule has 0 aromatic rings. The van der Waals surface area contributed by atoms with Crippen LogP contribution in [0, 0.1) is 0 Å². The highest BCUT2D eigenvalue weighted by Crippen LogP contribution is 2.15. The summed E-state index contributed by atoms with van der Waals surface area (Å²) < 4.78 is 0. The summed E-state index contributed by atoms with van der Waals surface area (Å²) in [5.74, 6) is -0.276. The van der Waals surface area contributed by atoms with E-state index in [2.05, 4.69) is 5.32 Å². The van der Waals surface area contributed by atoms with E-state index in [0.717, 1.165) is 0 Å². The van der Waals surface area contributed by atoms with E-state index in [1.807, 2.05) is 5.32 Å². The second-order valence-electron chi connectivity index (χ2n) is 3.34. The van der Waals surface area contributed by atoms with Crippen LogP contribution in [-0.4, -0.2) is 40.3 Å². The maximum atomic E-state index is 11.4. The fourth-order valence-electron chi connectivity index (χ4n) is 1.67. The third kappa shape index (κ3) is 3.12. The lowest BCUT2D eigenvalue weighted by molar-refractivity contribution is -0.123. The first kappa shape index (κ1) is 11.3. The van der Waals surface area contributed by atoms with Gasteiger partial charge in [-0.3, -0.25) is 4.79 Å². The van der Waals surface area contributed by atoms with Crippen molar-refractivity contribution in [1.82, 2.24) is 10.6 Å². The molecule has 0 unspecified atom stereocenters. The van der Waals surface area contributed by atoms with Gasteiger partial charge in [-0.15, -0.1) is 0 Å². The van der Waals surface area contributed by atoms with Crippen LogP contribution in [0.25, 0.3) is 0 Å². The number of hydrogen-bond donors (Lipinski definition) is 4. The maximum absolute atomic E-state index is 11.4. The summed E-state index contributed by atoms with van der Waals surface area (Å²) in [5.41, 5.74) is 0. The van der Waals surface area contributed by atoms with E-state index in [1.54, 1.807) is 0 Å². The Balaban J connectivity index is 2.67. The van der Waals surface area contributed by atoms with Crippen molar-refractivity contribution in [3.63, 3.8) is 0 Å². The highest BCUT2D eigenvalue weighted by atomic mass is 16.4. The molecular weight excluding hydrogens is 204 g/mol. The van der Waals surface area contributed by atoms with Gasteiger partial charge >= 0.3 is 12.2 Å². The van der Waals surface area contributed by atoms with Crippen LogP contribution in [0.1, 0.15) is 19.3 Å². The number of amides is 2. The topological polar surface area (TPSA) is 116 Å². The van der Waals surface area contributed by atoms with Gasteiger partial charge in [0.1, 0.15) is 6.04 Å². The van der Waals surface area contributed by atoms with Crippen LogP contribution in [-0.2, 0) is 4.79 Å². The molecule has 7 heteroatoms. The predicted octanol–water partition coefficient (Wildman–Crippen LogP) is 0.0118. The van der Waals surface area contributed by atoms with Crippen molar-refractivity contribution in [2.45, 2.75) is 31.3 Å². The van der Waals surface area contributed by atoms with Gasteiger partial charge in [-0.25, -0.2) is 9.59 Å². The van der Waals surface area contributed by atoms with Gasteiger partial charge < -0.3 is 20.8 Å². The van der Waals surface area contributed by atoms with E-state index in [9.17, 15) is 14.4 Å². The van der Waals surface area contributed by atoms with Gasteiger partial charge in [-0.05, 0) is 12.8 Å². The minimum atomic E-state index is -1.33. The first-order valence-corrected chi connectivity index (χ1v) is 4.52. The van der Waals surface area contributed by atoms with E-state index in [-0.39, 0.29) is 12.2 Å². The van der Waals surface area contributed by atoms with Crippen LogP contribution < -0.4 is 10.6 Å². The highest BCUT2D eigenvalue weighted by Gasteiger charge is 2.33. The molecule has 1 aliphatic carbocycles. The molecule has 0 aromatic carbocycles. The minimum absolute atomic E-state index is 0.276. The third-order valence-electron chi connectivity index (χ3n) is 2.28. The number of ketones is 1. The summed E-state index contributed by atoms with van der Waals surface area (Å²) >= 11 is 0. The molecule has 0 radical (unpaired) electrons. The molecule has 84 valence electrons. The van der Waals surface area contributed by atoms with Crippen LogP contribution in [0.4, 0.5) is 9.59 Å². The Morgan fingerprint density at radius 3 is 2.33 bits per heavy atom. The van der Waals surface area contributed by atoms with Crippen LogP contribution in [0.2, 0.25) is 0 Å². The number of hydrogen-bond acceptors (Lipinski definition) is 3. The lowest BCUT2D eigenvalue weighted by Gasteiger charge is -2.29. The van der Waals surface area contributed by atoms with Gasteiger partial charge in [-0.1, -0.05) is 0 Å². The maximum Gasteiger partial charge on any atom is 0.405 e. The van der Waals surface area contributed by atoms with E-state index < -0.39 is 24.3 Å². The fourth-order valence-corrected chi connectivity index (χ4v) is 1.67. The Morgan fingerprint density at radius 2 is 1.80 bits per heavy atom. The molecule has 15 heavy (non-hydrogen) atoms. The van der Waals surface area contributed by atoms with Crippen molar-refractivity contribution in [3.05, 3.63) is 0 Å². The zero-order valence-corrected chi connectivity index (χ0v) is 7.90. The van der Waals surface area contributed by atoms with Gasteiger partial charge in [0.15, 0.2) is 5.78 Å². The molecule has 0 spiro atoms. The third-order valence-corrected chi connectivity index (χ3v) is 2.28. The standard InChI is InChI=1S/C8H12N2O5/c11-5-3-1-2-4(9-7(12)13)6(5)10-8(14)15/h4,6,9-10H,1-3H2,(H,12,13)(H,14,15)/t4-,6-/m1/s1. The van der Waals surface area contributed by atoms with E-state index >= 15 is 0 Å². The molecule has 1 fully saturated rings. The summed E-state index contributed by atoms with van der Waals surface area (Å²) in [6.45, 7) is 0. The van der Waals surface area contributed by atoms with E-state index in [0.29, 0.717) is 12.8 Å². The Kier molecular flexibility index (Phi) is 3.48. The molecule has 1 rings (SSSR count). The van der Waals surface area contributed by atoms with Crippen LogP contribution in [0.5, 0.6) is 0 Å². The lowest BCUT2D eigenvalue weighted by atomic mass is 9.89. The Bertz CT molecular complexity index is 291. The van der Waals surface area contributed by atoms with Crippen molar-refractivity contribution < 1.29 is 24.6 Å². The van der Waals surface area contributed by atoms with Gasteiger partial charge in [0.05, 0.1) is 6.04 Å². The van der Waals surface area contributed by atoms with Gasteiger partial charge in [-0.2, -0.15) is 0 Å². The molecule has 1 aliphatic rings. The van der Waals surface area contributed by atoms with E-state index in [4.69, 9.17) is 10.2 Å². The number of nitrogens with one attached hydrogen (secondary N) is 2. The van der Waals surface area contributed by atoms with Crippen molar-refractivity contribution in [2.24, 2.45) is 0 Å². The Hall–Kier alpha value is -1.79. The van der Waals surface area contributed by atoms with Crippen molar-refractivity contribution in [2.75, 3.05) is 0 Å². The summed E-state index contributed by atoms with van der Waals surface area (Å²) in [7, 11) is 0. The number of carboxylic acid groups (broad SMARTS) is 2. The second-order valence-corrected chi connectivity index (χ2v) is 3.34. The first-order valence-electron chi connectivity index (χ1n) is 4.52.